The van der Waals surface area contributed by atoms with Crippen LogP contribution in [0.4, 0.5) is 0 Å². The molecule has 0 spiro atoms. The van der Waals surface area contributed by atoms with Crippen LogP contribution in [0, 0.1) is 0 Å². The van der Waals surface area contributed by atoms with E-state index in [9.17, 15) is 24.0 Å². The molecule has 2 amide bonds. The van der Waals surface area contributed by atoms with Crippen molar-refractivity contribution < 1.29 is 66.6 Å². The first-order chi connectivity index (χ1) is 37.3. The Kier molecular flexibility index (Phi) is 40.3. The van der Waals surface area contributed by atoms with Crippen molar-refractivity contribution in [3.63, 3.8) is 0 Å². The van der Waals surface area contributed by atoms with Gasteiger partial charge >= 0.3 is 17.9 Å². The van der Waals surface area contributed by atoms with Crippen LogP contribution in [0.2, 0.25) is 0 Å². The third-order valence-electron chi connectivity index (χ3n) is 13.1. The number of hydrogen-bond acceptors (Lipinski definition) is 15. The van der Waals surface area contributed by atoms with E-state index in [1.165, 1.54) is 111 Å². The van der Waals surface area contributed by atoms with Crippen molar-refractivity contribution in [3.8, 4) is 0 Å². The van der Waals surface area contributed by atoms with Gasteiger partial charge in [0, 0.05) is 53.6 Å². The summed E-state index contributed by atoms with van der Waals surface area (Å²) in [6, 6.07) is -1.07. The van der Waals surface area contributed by atoms with Crippen LogP contribution in [0.1, 0.15) is 189 Å². The minimum absolute atomic E-state index is 0.00133. The number of hydrogen-bond donors (Lipinski definition) is 2. The molecule has 2 N–H and O–H groups in total. The standard InChI is InChI=1S/C60H103N3O14/c1-8-10-12-14-16-18-20-22-23-24-26-28-30-32-34-36-38-60(37-35-33-31-29-27-25-21-19-17-15-13-11-9-2)73-47-53(77-60)45-63(7)46-55(68)61-39-40-69-41-42-70-43-44-71-59-56(62-49(3)64)58(75-52(6)67)57(74-51(5)66)54(76-59)48-72-50(4)65/h16-19,22-23,25,27,53-54,56-59H,8-15,20-21,24,26,28-48H2,1-7H3,(H,61,68)(H,62,64)/b18-16-,19-17-,23-22-,27-25-/t53-,54?,56?,57-,58?,59+,60?/m0/s1. The molecule has 2 heterocycles. The number of nitrogens with zero attached hydrogens (tertiary/aromatic N) is 1. The predicted molar refractivity (Wildman–Crippen MR) is 300 cm³/mol. The summed E-state index contributed by atoms with van der Waals surface area (Å²) in [5.74, 6) is -3.15. The largest absolute Gasteiger partial charge is 0.463 e. The number of ether oxygens (including phenoxy) is 9. The minimum atomic E-state index is -1.22. The van der Waals surface area contributed by atoms with E-state index >= 15 is 0 Å². The second-order valence-electron chi connectivity index (χ2n) is 20.4. The van der Waals surface area contributed by atoms with Crippen molar-refractivity contribution in [1.82, 2.24) is 15.5 Å². The Bertz CT molecular complexity index is 1710. The lowest BCUT2D eigenvalue weighted by Gasteiger charge is -2.44. The van der Waals surface area contributed by atoms with Crippen LogP contribution in [0.5, 0.6) is 0 Å². The van der Waals surface area contributed by atoms with Crippen LogP contribution in [-0.2, 0) is 66.6 Å². The minimum Gasteiger partial charge on any atom is -0.463 e. The van der Waals surface area contributed by atoms with Gasteiger partial charge in [0.1, 0.15) is 18.8 Å². The Labute approximate surface area is 463 Å². The second-order valence-corrected chi connectivity index (χ2v) is 20.4. The maximum Gasteiger partial charge on any atom is 0.303 e. The number of rotatable bonds is 46. The summed E-state index contributed by atoms with van der Waals surface area (Å²) in [5, 5.41) is 5.59. The fourth-order valence-corrected chi connectivity index (χ4v) is 9.28. The second kappa shape index (κ2) is 44.8. The summed E-state index contributed by atoms with van der Waals surface area (Å²) in [6.45, 7) is 11.5. The quantitative estimate of drug-likeness (QED) is 0.0253. The highest BCUT2D eigenvalue weighted by atomic mass is 16.7. The lowest BCUT2D eigenvalue weighted by atomic mass is 9.96. The molecule has 0 radical (unpaired) electrons. The van der Waals surface area contributed by atoms with Crippen LogP contribution in [0.3, 0.4) is 0 Å². The van der Waals surface area contributed by atoms with Crippen molar-refractivity contribution in [2.24, 2.45) is 0 Å². The van der Waals surface area contributed by atoms with Gasteiger partial charge in [-0.1, -0.05) is 120 Å². The Hall–Kier alpha value is -3.97. The molecule has 442 valence electrons. The maximum atomic E-state index is 12.9. The molecule has 0 aromatic rings. The van der Waals surface area contributed by atoms with E-state index in [1.807, 2.05) is 11.9 Å². The Morgan fingerprint density at radius 2 is 1.12 bits per heavy atom. The van der Waals surface area contributed by atoms with Gasteiger partial charge in [0.15, 0.2) is 24.3 Å². The number of unbranched alkanes of at least 4 members (excludes halogenated alkanes) is 15. The van der Waals surface area contributed by atoms with Crippen LogP contribution < -0.4 is 10.6 Å². The zero-order chi connectivity index (χ0) is 56.2. The summed E-state index contributed by atoms with van der Waals surface area (Å²) >= 11 is 0. The van der Waals surface area contributed by atoms with E-state index in [0.29, 0.717) is 19.7 Å². The first-order valence-corrected chi connectivity index (χ1v) is 29.3. The average Bonchev–Trinajstić information content (AvgIpc) is 3.78. The van der Waals surface area contributed by atoms with E-state index in [-0.39, 0.29) is 58.2 Å². The molecule has 77 heavy (non-hydrogen) atoms. The van der Waals surface area contributed by atoms with Gasteiger partial charge in [0.25, 0.3) is 0 Å². The number of amides is 2. The lowest BCUT2D eigenvalue weighted by Crippen LogP contribution is -2.66. The first kappa shape index (κ1) is 69.1. The lowest BCUT2D eigenvalue weighted by molar-refractivity contribution is -0.279. The molecule has 17 heteroatoms. The molecule has 2 saturated heterocycles. The molecule has 2 aliphatic heterocycles. The van der Waals surface area contributed by atoms with Crippen molar-refractivity contribution in [2.75, 3.05) is 72.9 Å². The van der Waals surface area contributed by atoms with Gasteiger partial charge in [-0.2, -0.15) is 0 Å². The average molecular weight is 1090 g/mol. The first-order valence-electron chi connectivity index (χ1n) is 29.3. The number of esters is 3. The van der Waals surface area contributed by atoms with E-state index < -0.39 is 60.2 Å². The fourth-order valence-electron chi connectivity index (χ4n) is 9.28. The van der Waals surface area contributed by atoms with Gasteiger partial charge < -0.3 is 53.3 Å². The summed E-state index contributed by atoms with van der Waals surface area (Å²) in [4.78, 5) is 62.7. The number of nitrogens with one attached hydrogen (secondary N) is 2. The van der Waals surface area contributed by atoms with E-state index in [2.05, 4.69) is 73.1 Å². The van der Waals surface area contributed by atoms with E-state index in [0.717, 1.165) is 64.2 Å². The van der Waals surface area contributed by atoms with Crippen LogP contribution in [0.15, 0.2) is 48.6 Å². The molecular formula is C60H103N3O14. The Balaban J connectivity index is 1.74. The predicted octanol–water partition coefficient (Wildman–Crippen LogP) is 10.1. The molecule has 2 rings (SSSR count). The highest BCUT2D eigenvalue weighted by Gasteiger charge is 2.51. The van der Waals surface area contributed by atoms with Crippen molar-refractivity contribution in [3.05, 3.63) is 48.6 Å². The molecular weight excluding hydrogens is 987 g/mol. The topological polar surface area (TPSA) is 196 Å². The summed E-state index contributed by atoms with van der Waals surface area (Å²) < 4.78 is 52.6. The molecule has 0 aromatic heterocycles. The van der Waals surface area contributed by atoms with Crippen molar-refractivity contribution in [1.29, 1.82) is 0 Å². The zero-order valence-electron chi connectivity index (χ0n) is 48.6. The Morgan fingerprint density at radius 1 is 0.610 bits per heavy atom. The number of likely N-dealkylation sites (N-methyl/N-ethyl adjacent to an activating group) is 1. The Morgan fingerprint density at radius 3 is 1.66 bits per heavy atom. The van der Waals surface area contributed by atoms with Crippen molar-refractivity contribution in [2.45, 2.75) is 232 Å². The third-order valence-corrected chi connectivity index (χ3v) is 13.1. The highest BCUT2D eigenvalue weighted by Crippen LogP contribution is 2.35. The monoisotopic (exact) mass is 1090 g/mol. The molecule has 2 aliphatic rings. The van der Waals surface area contributed by atoms with Gasteiger partial charge in [0.05, 0.1) is 52.3 Å². The highest BCUT2D eigenvalue weighted by molar-refractivity contribution is 5.78. The van der Waals surface area contributed by atoms with Gasteiger partial charge in [0.2, 0.25) is 11.8 Å². The molecule has 7 atom stereocenters. The van der Waals surface area contributed by atoms with Gasteiger partial charge in [-0.15, -0.1) is 0 Å². The summed E-state index contributed by atoms with van der Waals surface area (Å²) in [5.41, 5.74) is 0. The van der Waals surface area contributed by atoms with Gasteiger partial charge in [-0.3, -0.25) is 28.9 Å². The van der Waals surface area contributed by atoms with Crippen LogP contribution in [0.25, 0.3) is 0 Å². The zero-order valence-corrected chi connectivity index (χ0v) is 48.6. The third kappa shape index (κ3) is 35.3. The summed E-state index contributed by atoms with van der Waals surface area (Å²) in [7, 11) is 1.93. The molecule has 0 bridgehead atoms. The molecule has 4 unspecified atom stereocenters. The summed E-state index contributed by atoms with van der Waals surface area (Å²) in [6.07, 6.45) is 40.4. The number of allylic oxidation sites excluding steroid dienone is 8. The van der Waals surface area contributed by atoms with Crippen LogP contribution >= 0.6 is 0 Å². The molecule has 0 saturated carbocycles. The van der Waals surface area contributed by atoms with Crippen molar-refractivity contribution >= 4 is 29.7 Å². The molecule has 0 aliphatic carbocycles. The number of carbonyl (C=O) groups is 5. The smallest absolute Gasteiger partial charge is 0.303 e. The fraction of sp³-hybridized carbons (Fsp3) is 0.783. The SMILES string of the molecule is CCCCC/C=C\C/C=C\CCCCCCCCC1(CCCCC/C=C\C/C=C\CCCCC)OC[C@H](CN(C)CC(=O)NCCOCCOCCO[C@@H]2OC(COC(C)=O)[C@H](OC(C)=O)C(OC(C)=O)C2NC(C)=O)O1. The molecule has 2 fully saturated rings. The van der Waals surface area contributed by atoms with Gasteiger partial charge in [-0.05, 0) is 84.1 Å². The maximum absolute atomic E-state index is 12.9. The molecule has 17 nitrogen and oxygen atoms in total. The van der Waals surface area contributed by atoms with Gasteiger partial charge in [-0.25, -0.2) is 0 Å². The van der Waals surface area contributed by atoms with E-state index in [1.54, 1.807) is 0 Å². The van der Waals surface area contributed by atoms with Crippen LogP contribution in [-0.4, -0.2) is 150 Å². The molecule has 0 aromatic carbocycles. The normalized spacial score (nSPS) is 21.7. The number of carbonyl (C=O) groups excluding carboxylic acids is 5. The van der Waals surface area contributed by atoms with E-state index in [4.69, 9.17) is 42.6 Å².